The second-order valence-corrected chi connectivity index (χ2v) is 8.14. The van der Waals surface area contributed by atoms with Gasteiger partial charge in [0.25, 0.3) is 5.91 Å². The largest absolute Gasteiger partial charge is 0.379 e. The van der Waals surface area contributed by atoms with Gasteiger partial charge < -0.3 is 10.1 Å². The van der Waals surface area contributed by atoms with Crippen LogP contribution in [0.5, 0.6) is 0 Å². The van der Waals surface area contributed by atoms with Gasteiger partial charge >= 0.3 is 0 Å². The first-order valence-electron chi connectivity index (χ1n) is 11.5. The number of fused-ring (bicyclic) bond motifs is 1. The molecule has 9 heteroatoms. The first kappa shape index (κ1) is 22.1. The minimum absolute atomic E-state index is 0.0103. The highest BCUT2D eigenvalue weighted by Gasteiger charge is 2.25. The van der Waals surface area contributed by atoms with E-state index in [1.165, 1.54) is 0 Å². The maximum Gasteiger partial charge on any atom is 0.253 e. The molecule has 174 valence electrons. The number of rotatable bonds is 7. The molecule has 1 fully saturated rings. The van der Waals surface area contributed by atoms with Crippen molar-refractivity contribution in [2.75, 3.05) is 32.8 Å². The lowest BCUT2D eigenvalue weighted by Gasteiger charge is -2.34. The number of morpholine rings is 1. The average molecular weight is 458 g/mol. The van der Waals surface area contributed by atoms with Gasteiger partial charge in [-0.05, 0) is 35.7 Å². The molecule has 0 bridgehead atoms. The third-order valence-electron chi connectivity index (χ3n) is 6.18. The summed E-state index contributed by atoms with van der Waals surface area (Å²) in [5, 5.41) is 4.00. The van der Waals surface area contributed by atoms with Crippen LogP contribution in [0.1, 0.15) is 34.5 Å². The molecule has 1 amide bonds. The van der Waals surface area contributed by atoms with Crippen LogP contribution in [-0.2, 0) is 11.2 Å². The number of pyridine rings is 2. The van der Waals surface area contributed by atoms with Crippen molar-refractivity contribution in [3.63, 3.8) is 0 Å². The molecule has 1 aliphatic rings. The lowest BCUT2D eigenvalue weighted by Crippen LogP contribution is -2.43. The third-order valence-corrected chi connectivity index (χ3v) is 6.18. The maximum absolute atomic E-state index is 13.5. The number of ether oxygens (including phenoxy) is 1. The summed E-state index contributed by atoms with van der Waals surface area (Å²) in [6, 6.07) is 7.71. The van der Waals surface area contributed by atoms with E-state index in [9.17, 15) is 4.79 Å². The molecule has 1 unspecified atom stereocenters. The van der Waals surface area contributed by atoms with E-state index in [4.69, 9.17) is 4.74 Å². The standard InChI is InChI=1S/C25H27N7O2/c1-2-18-6-10-27-23-22(18)20(17-32(23)25-28-8-4-9-29-25)24(33)30-16-21(19-5-3-7-26-15-19)31-11-13-34-14-12-31/h3-10,15,17,21H,2,11-14,16H2,1H3,(H,30,33). The number of aryl methyl sites for hydroxylation is 1. The maximum atomic E-state index is 13.5. The number of carbonyl (C=O) groups excluding carboxylic acids is 1. The second kappa shape index (κ2) is 10.1. The van der Waals surface area contributed by atoms with Crippen LogP contribution in [0.15, 0.2) is 61.4 Å². The van der Waals surface area contributed by atoms with Gasteiger partial charge in [-0.1, -0.05) is 13.0 Å². The Morgan fingerprint density at radius 3 is 2.65 bits per heavy atom. The predicted molar refractivity (Wildman–Crippen MR) is 128 cm³/mol. The van der Waals surface area contributed by atoms with Crippen LogP contribution >= 0.6 is 0 Å². The summed E-state index contributed by atoms with van der Waals surface area (Å²) in [7, 11) is 0. The zero-order chi connectivity index (χ0) is 23.3. The molecule has 0 radical (unpaired) electrons. The Morgan fingerprint density at radius 2 is 1.91 bits per heavy atom. The molecule has 0 aromatic carbocycles. The van der Waals surface area contributed by atoms with Gasteiger partial charge in [-0.15, -0.1) is 0 Å². The van der Waals surface area contributed by atoms with Gasteiger partial charge in [0.1, 0.15) is 5.65 Å². The predicted octanol–water partition coefficient (Wildman–Crippen LogP) is 2.58. The molecule has 5 heterocycles. The Labute approximate surface area is 197 Å². The summed E-state index contributed by atoms with van der Waals surface area (Å²) >= 11 is 0. The molecule has 0 spiro atoms. The van der Waals surface area contributed by atoms with Gasteiger partial charge in [-0.25, -0.2) is 15.0 Å². The normalized spacial score (nSPS) is 15.3. The van der Waals surface area contributed by atoms with Crippen molar-refractivity contribution in [3.05, 3.63) is 78.1 Å². The van der Waals surface area contributed by atoms with Gasteiger partial charge in [0, 0.05) is 62.2 Å². The highest BCUT2D eigenvalue weighted by atomic mass is 16.5. The Bertz CT molecular complexity index is 1250. The van der Waals surface area contributed by atoms with Gasteiger partial charge in [-0.3, -0.25) is 19.2 Å². The molecule has 5 rings (SSSR count). The zero-order valence-electron chi connectivity index (χ0n) is 19.1. The van der Waals surface area contributed by atoms with Crippen molar-refractivity contribution in [3.8, 4) is 5.95 Å². The Morgan fingerprint density at radius 1 is 1.09 bits per heavy atom. The highest BCUT2D eigenvalue weighted by Crippen LogP contribution is 2.26. The molecule has 9 nitrogen and oxygen atoms in total. The second-order valence-electron chi connectivity index (χ2n) is 8.14. The number of carbonyl (C=O) groups is 1. The number of nitrogens with zero attached hydrogens (tertiary/aromatic N) is 6. The van der Waals surface area contributed by atoms with Gasteiger partial charge in [-0.2, -0.15) is 0 Å². The smallest absolute Gasteiger partial charge is 0.253 e. The van der Waals surface area contributed by atoms with Crippen LogP contribution in [0.25, 0.3) is 17.0 Å². The number of hydrogen-bond acceptors (Lipinski definition) is 7. The Kier molecular flexibility index (Phi) is 6.55. The molecule has 1 aliphatic heterocycles. The number of amides is 1. The van der Waals surface area contributed by atoms with Crippen LogP contribution in [0.4, 0.5) is 0 Å². The molecule has 0 aliphatic carbocycles. The fourth-order valence-electron chi connectivity index (χ4n) is 4.46. The quantitative estimate of drug-likeness (QED) is 0.455. The first-order valence-corrected chi connectivity index (χ1v) is 11.5. The van der Waals surface area contributed by atoms with E-state index >= 15 is 0 Å². The number of nitrogens with one attached hydrogen (secondary N) is 1. The summed E-state index contributed by atoms with van der Waals surface area (Å²) in [5.74, 6) is 0.332. The molecular weight excluding hydrogens is 430 g/mol. The van der Waals surface area contributed by atoms with Crippen LogP contribution in [0.2, 0.25) is 0 Å². The van der Waals surface area contributed by atoms with E-state index in [1.807, 2.05) is 18.3 Å². The van der Waals surface area contributed by atoms with Gasteiger partial charge in [0.15, 0.2) is 0 Å². The average Bonchev–Trinajstić information content (AvgIpc) is 3.31. The van der Waals surface area contributed by atoms with Crippen molar-refractivity contribution in [1.82, 2.24) is 34.7 Å². The van der Waals surface area contributed by atoms with Crippen molar-refractivity contribution < 1.29 is 9.53 Å². The molecule has 1 N–H and O–H groups in total. The number of aromatic nitrogens is 5. The van der Waals surface area contributed by atoms with Crippen LogP contribution in [0.3, 0.4) is 0 Å². The van der Waals surface area contributed by atoms with E-state index in [-0.39, 0.29) is 11.9 Å². The van der Waals surface area contributed by atoms with E-state index in [0.717, 1.165) is 36.0 Å². The van der Waals surface area contributed by atoms with Crippen molar-refractivity contribution >= 4 is 16.9 Å². The van der Waals surface area contributed by atoms with Gasteiger partial charge in [0.05, 0.1) is 24.8 Å². The molecule has 0 saturated carbocycles. The van der Waals surface area contributed by atoms with E-state index in [0.29, 0.717) is 36.9 Å². The van der Waals surface area contributed by atoms with Crippen LogP contribution in [0, 0.1) is 0 Å². The van der Waals surface area contributed by atoms with E-state index in [1.54, 1.807) is 41.6 Å². The SMILES string of the molecule is CCc1ccnc2c1c(C(=O)NCC(c1cccnc1)N1CCOCC1)cn2-c1ncccn1. The topological polar surface area (TPSA) is 98.1 Å². The number of hydrogen-bond donors (Lipinski definition) is 1. The highest BCUT2D eigenvalue weighted by molar-refractivity contribution is 6.07. The molecule has 34 heavy (non-hydrogen) atoms. The summed E-state index contributed by atoms with van der Waals surface area (Å²) in [4.78, 5) is 33.4. The summed E-state index contributed by atoms with van der Waals surface area (Å²) in [5.41, 5.74) is 3.37. The molecular formula is C25H27N7O2. The lowest BCUT2D eigenvalue weighted by atomic mass is 10.1. The van der Waals surface area contributed by atoms with E-state index < -0.39 is 0 Å². The Balaban J connectivity index is 1.47. The van der Waals surface area contributed by atoms with Crippen LogP contribution < -0.4 is 5.32 Å². The summed E-state index contributed by atoms with van der Waals surface area (Å²) in [6.45, 7) is 5.51. The minimum Gasteiger partial charge on any atom is -0.379 e. The van der Waals surface area contributed by atoms with Crippen molar-refractivity contribution in [2.45, 2.75) is 19.4 Å². The van der Waals surface area contributed by atoms with Gasteiger partial charge in [0.2, 0.25) is 5.95 Å². The minimum atomic E-state index is -0.149. The molecule has 1 saturated heterocycles. The first-order chi connectivity index (χ1) is 16.8. The molecule has 1 atom stereocenters. The summed E-state index contributed by atoms with van der Waals surface area (Å²) < 4.78 is 7.31. The fourth-order valence-corrected chi connectivity index (χ4v) is 4.46. The molecule has 4 aromatic rings. The monoisotopic (exact) mass is 457 g/mol. The third kappa shape index (κ3) is 4.40. The lowest BCUT2D eigenvalue weighted by molar-refractivity contribution is 0.0161. The fraction of sp³-hybridized carbons (Fsp3) is 0.320. The van der Waals surface area contributed by atoms with Crippen LogP contribution in [-0.4, -0.2) is 68.2 Å². The van der Waals surface area contributed by atoms with E-state index in [2.05, 4.69) is 43.1 Å². The van der Waals surface area contributed by atoms with Crippen molar-refractivity contribution in [2.24, 2.45) is 0 Å². The summed E-state index contributed by atoms with van der Waals surface area (Å²) in [6.07, 6.45) is 11.3. The molecule has 4 aromatic heterocycles. The zero-order valence-corrected chi connectivity index (χ0v) is 19.1. The van der Waals surface area contributed by atoms with Crippen molar-refractivity contribution in [1.29, 1.82) is 0 Å². The Hall–Kier alpha value is -3.69.